The van der Waals surface area contributed by atoms with Crippen molar-refractivity contribution in [1.82, 2.24) is 15.0 Å². The van der Waals surface area contributed by atoms with Crippen molar-refractivity contribution in [3.05, 3.63) is 53.6 Å². The van der Waals surface area contributed by atoms with Crippen LogP contribution in [0.5, 0.6) is 0 Å². The van der Waals surface area contributed by atoms with E-state index in [1.165, 1.54) is 16.8 Å². The van der Waals surface area contributed by atoms with Gasteiger partial charge in [0.2, 0.25) is 0 Å². The Morgan fingerprint density at radius 1 is 1.04 bits per heavy atom. The Bertz CT molecular complexity index is 919. The van der Waals surface area contributed by atoms with Crippen LogP contribution < -0.4 is 4.90 Å². The van der Waals surface area contributed by atoms with E-state index in [9.17, 15) is 0 Å². The molecule has 0 saturated heterocycles. The van der Waals surface area contributed by atoms with Gasteiger partial charge in [0.25, 0.3) is 0 Å². The summed E-state index contributed by atoms with van der Waals surface area (Å²) in [6, 6.07) is 15.1. The molecule has 2 aliphatic rings. The van der Waals surface area contributed by atoms with E-state index in [0.717, 1.165) is 43.6 Å². The van der Waals surface area contributed by atoms with Crippen LogP contribution in [0.15, 0.2) is 42.5 Å². The van der Waals surface area contributed by atoms with Crippen LogP contribution in [0.4, 0.5) is 5.69 Å². The van der Waals surface area contributed by atoms with Gasteiger partial charge in [-0.15, -0.1) is 5.10 Å². The summed E-state index contributed by atoms with van der Waals surface area (Å²) in [5, 5.41) is 8.85. The number of hydrogen-bond donors (Lipinski definition) is 0. The van der Waals surface area contributed by atoms with Crippen LogP contribution in [0.3, 0.4) is 0 Å². The Kier molecular flexibility index (Phi) is 3.48. The van der Waals surface area contributed by atoms with Crippen molar-refractivity contribution in [1.29, 1.82) is 0 Å². The Morgan fingerprint density at radius 3 is 2.80 bits per heavy atom. The van der Waals surface area contributed by atoms with E-state index >= 15 is 0 Å². The van der Waals surface area contributed by atoms with Crippen LogP contribution in [-0.2, 0) is 4.74 Å². The van der Waals surface area contributed by atoms with Gasteiger partial charge in [-0.3, -0.25) is 0 Å². The van der Waals surface area contributed by atoms with E-state index in [1.54, 1.807) is 0 Å². The number of fused-ring (bicyclic) bond motifs is 1. The van der Waals surface area contributed by atoms with E-state index in [2.05, 4.69) is 57.1 Å². The maximum Gasteiger partial charge on any atom is 0.113 e. The topological polar surface area (TPSA) is 43.2 Å². The first-order valence-electron chi connectivity index (χ1n) is 9.16. The molecule has 2 unspecified atom stereocenters. The molecule has 3 heterocycles. The Labute approximate surface area is 147 Å². The van der Waals surface area contributed by atoms with E-state index < -0.39 is 0 Å². The molecule has 5 heteroatoms. The SMILES string of the molecule is CCOC1CCN2CCC(n3nnc4ccccc43)c3cccc1c32. The summed E-state index contributed by atoms with van der Waals surface area (Å²) in [6.45, 7) is 4.96. The molecule has 5 rings (SSSR count). The van der Waals surface area contributed by atoms with Gasteiger partial charge in [0.05, 0.1) is 17.7 Å². The fraction of sp³-hybridized carbons (Fsp3) is 0.400. The Hall–Kier alpha value is -2.40. The van der Waals surface area contributed by atoms with Crippen LogP contribution in [0, 0.1) is 0 Å². The Morgan fingerprint density at radius 2 is 1.88 bits per heavy atom. The number of rotatable bonds is 3. The summed E-state index contributed by atoms with van der Waals surface area (Å²) in [5.41, 5.74) is 6.11. The minimum atomic E-state index is 0.211. The smallest absolute Gasteiger partial charge is 0.113 e. The molecule has 2 aromatic carbocycles. The van der Waals surface area contributed by atoms with Crippen LogP contribution in [-0.4, -0.2) is 34.7 Å². The van der Waals surface area contributed by atoms with Crippen molar-refractivity contribution in [3.63, 3.8) is 0 Å². The summed E-state index contributed by atoms with van der Waals surface area (Å²) in [4.78, 5) is 2.52. The summed E-state index contributed by atoms with van der Waals surface area (Å²) >= 11 is 0. The van der Waals surface area contributed by atoms with Crippen LogP contribution in [0.25, 0.3) is 11.0 Å². The molecular formula is C20H22N4O. The molecule has 3 aromatic rings. The average molecular weight is 334 g/mol. The van der Waals surface area contributed by atoms with Crippen molar-refractivity contribution in [2.75, 3.05) is 24.6 Å². The highest BCUT2D eigenvalue weighted by Crippen LogP contribution is 2.45. The number of anilines is 1. The second kappa shape index (κ2) is 5.85. The second-order valence-corrected chi connectivity index (χ2v) is 6.83. The van der Waals surface area contributed by atoms with Gasteiger partial charge in [-0.05, 0) is 31.9 Å². The largest absolute Gasteiger partial charge is 0.374 e. The van der Waals surface area contributed by atoms with Crippen LogP contribution in [0.1, 0.15) is 43.0 Å². The molecule has 0 fully saturated rings. The third-order valence-corrected chi connectivity index (χ3v) is 5.49. The lowest BCUT2D eigenvalue weighted by atomic mass is 9.88. The quantitative estimate of drug-likeness (QED) is 0.732. The number of benzene rings is 2. The van der Waals surface area contributed by atoms with E-state index in [0.29, 0.717) is 0 Å². The number of ether oxygens (including phenoxy) is 1. The lowest BCUT2D eigenvalue weighted by Gasteiger charge is -2.42. The third-order valence-electron chi connectivity index (χ3n) is 5.49. The predicted molar refractivity (Wildman–Crippen MR) is 97.9 cm³/mol. The van der Waals surface area contributed by atoms with E-state index in [-0.39, 0.29) is 12.1 Å². The van der Waals surface area contributed by atoms with Gasteiger partial charge in [-0.1, -0.05) is 35.5 Å². The third kappa shape index (κ3) is 2.26. The van der Waals surface area contributed by atoms with E-state index in [4.69, 9.17) is 4.74 Å². The van der Waals surface area contributed by atoms with Gasteiger partial charge in [0.1, 0.15) is 5.52 Å². The minimum Gasteiger partial charge on any atom is -0.374 e. The minimum absolute atomic E-state index is 0.211. The molecule has 2 atom stereocenters. The summed E-state index contributed by atoms with van der Waals surface area (Å²) < 4.78 is 8.12. The first-order valence-corrected chi connectivity index (χ1v) is 9.16. The van der Waals surface area contributed by atoms with Gasteiger partial charge in [0.15, 0.2) is 0 Å². The molecular weight excluding hydrogens is 312 g/mol. The molecule has 128 valence electrons. The standard InChI is InChI=1S/C20H22N4O/c1-2-25-19-11-13-23-12-10-17(14-6-5-7-15(19)20(14)23)24-18-9-4-3-8-16(18)21-22-24/h3-9,17,19H,2,10-13H2,1H3. The molecule has 0 N–H and O–H groups in total. The zero-order valence-corrected chi connectivity index (χ0v) is 14.4. The van der Waals surface area contributed by atoms with Gasteiger partial charge in [-0.25, -0.2) is 4.68 Å². The van der Waals surface area contributed by atoms with Gasteiger partial charge in [-0.2, -0.15) is 0 Å². The highest BCUT2D eigenvalue weighted by atomic mass is 16.5. The molecule has 25 heavy (non-hydrogen) atoms. The summed E-state index contributed by atoms with van der Waals surface area (Å²) in [6.07, 6.45) is 2.34. The van der Waals surface area contributed by atoms with Crippen molar-refractivity contribution in [2.45, 2.75) is 31.9 Å². The van der Waals surface area contributed by atoms with Gasteiger partial charge >= 0.3 is 0 Å². The lowest BCUT2D eigenvalue weighted by molar-refractivity contribution is 0.0542. The molecule has 0 radical (unpaired) electrons. The molecule has 0 saturated carbocycles. The van der Waals surface area contributed by atoms with Crippen LogP contribution >= 0.6 is 0 Å². The number of nitrogens with zero attached hydrogens (tertiary/aromatic N) is 4. The first-order chi connectivity index (χ1) is 12.4. The Balaban J connectivity index is 1.65. The second-order valence-electron chi connectivity index (χ2n) is 6.83. The summed E-state index contributed by atoms with van der Waals surface area (Å²) in [7, 11) is 0. The van der Waals surface area contributed by atoms with Crippen LogP contribution in [0.2, 0.25) is 0 Å². The molecule has 2 aliphatic heterocycles. The zero-order valence-electron chi connectivity index (χ0n) is 14.4. The predicted octanol–water partition coefficient (Wildman–Crippen LogP) is 3.71. The number of aromatic nitrogens is 3. The van der Waals surface area contributed by atoms with Crippen molar-refractivity contribution in [2.24, 2.45) is 0 Å². The monoisotopic (exact) mass is 334 g/mol. The summed E-state index contributed by atoms with van der Waals surface area (Å²) in [5.74, 6) is 0. The highest BCUT2D eigenvalue weighted by Gasteiger charge is 2.34. The van der Waals surface area contributed by atoms with E-state index in [1.807, 2.05) is 12.1 Å². The molecule has 1 aromatic heterocycles. The highest BCUT2D eigenvalue weighted by molar-refractivity contribution is 5.75. The van der Waals surface area contributed by atoms with Crippen molar-refractivity contribution in [3.8, 4) is 0 Å². The zero-order chi connectivity index (χ0) is 16.8. The number of hydrogen-bond acceptors (Lipinski definition) is 4. The maximum atomic E-state index is 6.02. The van der Waals surface area contributed by atoms with Gasteiger partial charge in [0, 0.05) is 36.5 Å². The lowest BCUT2D eigenvalue weighted by Crippen LogP contribution is -2.39. The maximum absolute atomic E-state index is 6.02. The number of para-hydroxylation sites is 2. The van der Waals surface area contributed by atoms with Crippen molar-refractivity contribution >= 4 is 16.7 Å². The molecule has 0 aliphatic carbocycles. The molecule has 0 spiro atoms. The van der Waals surface area contributed by atoms with Gasteiger partial charge < -0.3 is 9.64 Å². The molecule has 0 bridgehead atoms. The molecule has 5 nitrogen and oxygen atoms in total. The normalized spacial score (nSPS) is 22.2. The first kappa shape index (κ1) is 14.9. The fourth-order valence-electron chi connectivity index (χ4n) is 4.42. The van der Waals surface area contributed by atoms with Crippen molar-refractivity contribution < 1.29 is 4.74 Å². The molecule has 0 amide bonds. The fourth-order valence-corrected chi connectivity index (χ4v) is 4.42. The average Bonchev–Trinajstić information content (AvgIpc) is 3.08.